The first-order valence-corrected chi connectivity index (χ1v) is 10.3. The molecule has 2 aromatic rings. The SMILES string of the molecule is CCC(CC)c1ccc([S+](C2=CC=CCC2)c2ccccc2)cc1. The summed E-state index contributed by atoms with van der Waals surface area (Å²) in [5.41, 5.74) is 1.48. The molecule has 0 aliphatic heterocycles. The van der Waals surface area contributed by atoms with Crippen molar-refractivity contribution in [1.82, 2.24) is 0 Å². The standard InChI is InChI=1S/C23H27S/c1-3-19(4-2)20-15-17-23(18-16-20)24(21-11-7-5-8-12-21)22-13-9-6-10-14-22/h5-9,11-13,15-19H,3-4,10,14H2,1-2H3/q+1. The van der Waals surface area contributed by atoms with E-state index in [1.165, 1.54) is 34.6 Å². The Bertz CT molecular complexity index is 691. The predicted octanol–water partition coefficient (Wildman–Crippen LogP) is 6.86. The predicted molar refractivity (Wildman–Crippen MR) is 107 cm³/mol. The fourth-order valence-electron chi connectivity index (χ4n) is 3.38. The molecule has 0 amide bonds. The molecule has 24 heavy (non-hydrogen) atoms. The van der Waals surface area contributed by atoms with Crippen LogP contribution >= 0.6 is 0 Å². The summed E-state index contributed by atoms with van der Waals surface area (Å²) in [6, 6.07) is 20.4. The molecular weight excluding hydrogens is 308 g/mol. The molecule has 0 bridgehead atoms. The van der Waals surface area contributed by atoms with Crippen LogP contribution in [0.3, 0.4) is 0 Å². The molecule has 1 heteroatoms. The van der Waals surface area contributed by atoms with Gasteiger partial charge < -0.3 is 0 Å². The number of hydrogen-bond acceptors (Lipinski definition) is 0. The molecule has 0 saturated heterocycles. The number of rotatable bonds is 6. The molecule has 1 atom stereocenters. The quantitative estimate of drug-likeness (QED) is 0.506. The van der Waals surface area contributed by atoms with Gasteiger partial charge in [0, 0.05) is 6.42 Å². The van der Waals surface area contributed by atoms with Crippen LogP contribution in [0, 0.1) is 0 Å². The average Bonchev–Trinajstić information content (AvgIpc) is 2.66. The van der Waals surface area contributed by atoms with Crippen molar-refractivity contribution < 1.29 is 0 Å². The lowest BCUT2D eigenvalue weighted by Crippen LogP contribution is -2.09. The maximum Gasteiger partial charge on any atom is 0.166 e. The van der Waals surface area contributed by atoms with Crippen LogP contribution in [0.15, 0.2) is 87.5 Å². The Morgan fingerprint density at radius 3 is 2.12 bits per heavy atom. The van der Waals surface area contributed by atoms with Crippen molar-refractivity contribution >= 4 is 10.9 Å². The Kier molecular flexibility index (Phi) is 5.98. The van der Waals surface area contributed by atoms with Crippen LogP contribution in [0.25, 0.3) is 0 Å². The van der Waals surface area contributed by atoms with Gasteiger partial charge in [0.2, 0.25) is 0 Å². The minimum absolute atomic E-state index is 0.0468. The lowest BCUT2D eigenvalue weighted by molar-refractivity contribution is 0.641. The second kappa shape index (κ2) is 8.39. The van der Waals surface area contributed by atoms with Crippen molar-refractivity contribution in [2.75, 3.05) is 0 Å². The second-order valence-corrected chi connectivity index (χ2v) is 8.38. The molecule has 1 aliphatic rings. The van der Waals surface area contributed by atoms with E-state index in [-0.39, 0.29) is 10.9 Å². The summed E-state index contributed by atoms with van der Waals surface area (Å²) < 4.78 is 0. The van der Waals surface area contributed by atoms with Gasteiger partial charge in [0.25, 0.3) is 0 Å². The van der Waals surface area contributed by atoms with Gasteiger partial charge in [0.05, 0.1) is 10.9 Å². The van der Waals surface area contributed by atoms with Gasteiger partial charge in [0.1, 0.15) is 4.91 Å². The van der Waals surface area contributed by atoms with E-state index in [0.29, 0.717) is 5.92 Å². The maximum atomic E-state index is 2.36. The van der Waals surface area contributed by atoms with Gasteiger partial charge in [-0.25, -0.2) is 0 Å². The third-order valence-corrected chi connectivity index (χ3v) is 7.14. The van der Waals surface area contributed by atoms with E-state index in [1.807, 2.05) is 0 Å². The van der Waals surface area contributed by atoms with Gasteiger partial charge >= 0.3 is 0 Å². The number of allylic oxidation sites excluding steroid dienone is 4. The van der Waals surface area contributed by atoms with Crippen LogP contribution in [0.4, 0.5) is 0 Å². The Balaban J connectivity index is 1.97. The first kappa shape index (κ1) is 17.1. The fraction of sp³-hybridized carbons (Fsp3) is 0.304. The van der Waals surface area contributed by atoms with E-state index in [0.717, 1.165) is 6.42 Å². The van der Waals surface area contributed by atoms with Crippen molar-refractivity contribution in [1.29, 1.82) is 0 Å². The molecule has 0 saturated carbocycles. The Labute approximate surface area is 149 Å². The maximum absolute atomic E-state index is 2.36. The van der Waals surface area contributed by atoms with E-state index >= 15 is 0 Å². The zero-order valence-electron chi connectivity index (χ0n) is 14.7. The summed E-state index contributed by atoms with van der Waals surface area (Å²) in [6.07, 6.45) is 11.6. The van der Waals surface area contributed by atoms with Crippen molar-refractivity contribution in [3.63, 3.8) is 0 Å². The third-order valence-electron chi connectivity index (χ3n) is 4.79. The largest absolute Gasteiger partial charge is 0.166 e. The lowest BCUT2D eigenvalue weighted by atomic mass is 9.94. The fourth-order valence-corrected chi connectivity index (χ4v) is 5.63. The zero-order valence-corrected chi connectivity index (χ0v) is 15.6. The summed E-state index contributed by atoms with van der Waals surface area (Å²) in [5.74, 6) is 0.689. The highest BCUT2D eigenvalue weighted by molar-refractivity contribution is 8.00. The molecule has 0 aromatic heterocycles. The smallest absolute Gasteiger partial charge is 0.0839 e. The molecule has 0 spiro atoms. The number of benzene rings is 2. The first-order chi connectivity index (χ1) is 11.8. The van der Waals surface area contributed by atoms with Crippen LogP contribution < -0.4 is 0 Å². The van der Waals surface area contributed by atoms with E-state index in [4.69, 9.17) is 0 Å². The Morgan fingerprint density at radius 2 is 1.54 bits per heavy atom. The summed E-state index contributed by atoms with van der Waals surface area (Å²) in [4.78, 5) is 4.42. The van der Waals surface area contributed by atoms with Gasteiger partial charge in [-0.2, -0.15) is 0 Å². The summed E-state index contributed by atoms with van der Waals surface area (Å²) in [6.45, 7) is 4.57. The highest BCUT2D eigenvalue weighted by Gasteiger charge is 2.30. The highest BCUT2D eigenvalue weighted by atomic mass is 32.2. The minimum atomic E-state index is 0.0468. The van der Waals surface area contributed by atoms with Gasteiger partial charge in [-0.15, -0.1) is 0 Å². The van der Waals surface area contributed by atoms with Gasteiger partial charge in [-0.3, -0.25) is 0 Å². The van der Waals surface area contributed by atoms with E-state index in [2.05, 4.69) is 86.7 Å². The summed E-state index contributed by atoms with van der Waals surface area (Å²) >= 11 is 0. The van der Waals surface area contributed by atoms with Crippen molar-refractivity contribution in [3.05, 3.63) is 83.3 Å². The van der Waals surface area contributed by atoms with Crippen LogP contribution in [0.5, 0.6) is 0 Å². The topological polar surface area (TPSA) is 0 Å². The van der Waals surface area contributed by atoms with Crippen molar-refractivity contribution in [2.45, 2.75) is 55.2 Å². The zero-order chi connectivity index (χ0) is 16.8. The van der Waals surface area contributed by atoms with Crippen LogP contribution in [-0.2, 0) is 10.9 Å². The molecule has 0 heterocycles. The third kappa shape index (κ3) is 3.84. The van der Waals surface area contributed by atoms with Crippen molar-refractivity contribution in [3.8, 4) is 0 Å². The van der Waals surface area contributed by atoms with Crippen LogP contribution in [-0.4, -0.2) is 0 Å². The first-order valence-electron chi connectivity index (χ1n) is 9.08. The van der Waals surface area contributed by atoms with Crippen LogP contribution in [0.1, 0.15) is 51.0 Å². The van der Waals surface area contributed by atoms with E-state index < -0.39 is 0 Å². The molecule has 1 unspecified atom stereocenters. The van der Waals surface area contributed by atoms with Gasteiger partial charge in [-0.05, 0) is 61.1 Å². The highest BCUT2D eigenvalue weighted by Crippen LogP contribution is 2.35. The second-order valence-electron chi connectivity index (χ2n) is 6.30. The molecule has 124 valence electrons. The van der Waals surface area contributed by atoms with Crippen LogP contribution in [0.2, 0.25) is 0 Å². The molecule has 1 aliphatic carbocycles. The summed E-state index contributed by atoms with van der Waals surface area (Å²) in [7, 11) is 0.0468. The molecule has 0 radical (unpaired) electrons. The minimum Gasteiger partial charge on any atom is -0.0839 e. The van der Waals surface area contributed by atoms with Gasteiger partial charge in [-0.1, -0.05) is 56.3 Å². The monoisotopic (exact) mass is 335 g/mol. The van der Waals surface area contributed by atoms with E-state index in [1.54, 1.807) is 4.91 Å². The lowest BCUT2D eigenvalue weighted by Gasteiger charge is -2.15. The molecule has 0 nitrogen and oxygen atoms in total. The molecule has 0 N–H and O–H groups in total. The molecule has 0 fully saturated rings. The van der Waals surface area contributed by atoms with E-state index in [9.17, 15) is 0 Å². The van der Waals surface area contributed by atoms with Crippen molar-refractivity contribution in [2.24, 2.45) is 0 Å². The average molecular weight is 336 g/mol. The molecular formula is C23H27S+. The van der Waals surface area contributed by atoms with Gasteiger partial charge in [0.15, 0.2) is 9.79 Å². The molecule has 3 rings (SSSR count). The molecule has 2 aromatic carbocycles. The normalized spacial score (nSPS) is 15.4. The Morgan fingerprint density at radius 1 is 0.875 bits per heavy atom. The Hall–Kier alpha value is -1.73. The summed E-state index contributed by atoms with van der Waals surface area (Å²) in [5, 5.41) is 0. The number of hydrogen-bond donors (Lipinski definition) is 0.